The average molecular weight is 361 g/mol. The van der Waals surface area contributed by atoms with Gasteiger partial charge in [0.1, 0.15) is 11.8 Å². The molecule has 96 valence electrons. The number of hydrogen-bond acceptors (Lipinski definition) is 3. The van der Waals surface area contributed by atoms with Crippen molar-refractivity contribution in [3.8, 4) is 5.75 Å². The quantitative estimate of drug-likeness (QED) is 0.711. The Hall–Kier alpha value is -1.31. The van der Waals surface area contributed by atoms with Crippen LogP contribution in [0.25, 0.3) is 0 Å². The summed E-state index contributed by atoms with van der Waals surface area (Å²) in [7, 11) is 0. The molecular formula is C12H12INO4. The molecule has 0 aromatic heterocycles. The predicted molar refractivity (Wildman–Crippen MR) is 72.4 cm³/mol. The lowest BCUT2D eigenvalue weighted by molar-refractivity contribution is -0.139. The number of carbonyl (C=O) groups excluding carboxylic acids is 1. The van der Waals surface area contributed by atoms with Crippen LogP contribution in [-0.2, 0) is 4.79 Å². The van der Waals surface area contributed by atoms with Gasteiger partial charge in [-0.1, -0.05) is 0 Å². The van der Waals surface area contributed by atoms with Gasteiger partial charge in [0.15, 0.2) is 0 Å². The Balaban J connectivity index is 2.10. The maximum Gasteiger partial charge on any atom is 0.326 e. The van der Waals surface area contributed by atoms with Crippen LogP contribution in [0.1, 0.15) is 23.2 Å². The number of aliphatic carboxylic acids is 1. The summed E-state index contributed by atoms with van der Waals surface area (Å²) in [5.74, 6) is -1.44. The van der Waals surface area contributed by atoms with Gasteiger partial charge < -0.3 is 15.5 Å². The lowest BCUT2D eigenvalue weighted by Gasteiger charge is -2.13. The summed E-state index contributed by atoms with van der Waals surface area (Å²) >= 11 is 1.95. The number of hydrogen-bond donors (Lipinski definition) is 3. The number of benzene rings is 1. The Morgan fingerprint density at radius 1 is 1.39 bits per heavy atom. The van der Waals surface area contributed by atoms with E-state index in [9.17, 15) is 14.7 Å². The molecule has 1 atom stereocenters. The Morgan fingerprint density at radius 3 is 2.56 bits per heavy atom. The van der Waals surface area contributed by atoms with Crippen LogP contribution in [0, 0.1) is 9.49 Å². The van der Waals surface area contributed by atoms with E-state index in [0.717, 1.165) is 12.8 Å². The minimum absolute atomic E-state index is 0.0153. The first-order valence-electron chi connectivity index (χ1n) is 5.51. The van der Waals surface area contributed by atoms with Gasteiger partial charge >= 0.3 is 5.97 Å². The zero-order valence-corrected chi connectivity index (χ0v) is 11.5. The first-order chi connectivity index (χ1) is 8.49. The Bertz CT molecular complexity index is 499. The SMILES string of the molecule is O=C(NC(C(=O)O)C1CC1)c1ccc(I)c(O)c1. The maximum atomic E-state index is 11.9. The zero-order valence-electron chi connectivity index (χ0n) is 9.39. The molecule has 0 saturated heterocycles. The van der Waals surface area contributed by atoms with Crippen molar-refractivity contribution in [2.45, 2.75) is 18.9 Å². The van der Waals surface area contributed by atoms with Gasteiger partial charge in [-0.05, 0) is 59.5 Å². The van der Waals surface area contributed by atoms with Crippen LogP contribution in [0.5, 0.6) is 5.75 Å². The second-order valence-corrected chi connectivity index (χ2v) is 5.46. The highest BCUT2D eigenvalue weighted by atomic mass is 127. The van der Waals surface area contributed by atoms with E-state index in [1.165, 1.54) is 6.07 Å². The molecule has 1 aromatic carbocycles. The zero-order chi connectivity index (χ0) is 13.3. The van der Waals surface area contributed by atoms with Gasteiger partial charge in [-0.15, -0.1) is 0 Å². The Labute approximate surface area is 117 Å². The second kappa shape index (κ2) is 5.13. The number of carboxylic acids is 1. The molecule has 3 N–H and O–H groups in total. The van der Waals surface area contributed by atoms with E-state index < -0.39 is 17.9 Å². The fraction of sp³-hybridized carbons (Fsp3) is 0.333. The molecule has 1 aromatic rings. The minimum atomic E-state index is -1.01. The van der Waals surface area contributed by atoms with Gasteiger partial charge in [-0.2, -0.15) is 0 Å². The molecule has 1 aliphatic rings. The predicted octanol–water partition coefficient (Wildman–Crippen LogP) is 1.59. The average Bonchev–Trinajstić information content (AvgIpc) is 3.13. The Kier molecular flexibility index (Phi) is 3.74. The molecule has 0 spiro atoms. The number of nitrogens with one attached hydrogen (secondary N) is 1. The van der Waals surface area contributed by atoms with Crippen LogP contribution >= 0.6 is 22.6 Å². The number of phenolic OH excluding ortho intramolecular Hbond substituents is 1. The molecule has 0 bridgehead atoms. The van der Waals surface area contributed by atoms with Gasteiger partial charge in [0.2, 0.25) is 0 Å². The van der Waals surface area contributed by atoms with Crippen LogP contribution in [0.2, 0.25) is 0 Å². The van der Waals surface area contributed by atoms with Gasteiger partial charge in [0, 0.05) is 5.56 Å². The molecule has 1 fully saturated rings. The van der Waals surface area contributed by atoms with Crippen molar-refractivity contribution in [3.05, 3.63) is 27.3 Å². The summed E-state index contributed by atoms with van der Waals surface area (Å²) in [4.78, 5) is 22.9. The van der Waals surface area contributed by atoms with E-state index in [-0.39, 0.29) is 17.2 Å². The van der Waals surface area contributed by atoms with Crippen LogP contribution in [-0.4, -0.2) is 28.1 Å². The second-order valence-electron chi connectivity index (χ2n) is 4.29. The normalized spacial score (nSPS) is 16.1. The van der Waals surface area contributed by atoms with Gasteiger partial charge in [-0.25, -0.2) is 4.79 Å². The molecule has 1 amide bonds. The molecule has 0 aliphatic heterocycles. The van der Waals surface area contributed by atoms with E-state index in [2.05, 4.69) is 5.32 Å². The smallest absolute Gasteiger partial charge is 0.326 e. The molecular weight excluding hydrogens is 349 g/mol. The molecule has 1 unspecified atom stereocenters. The standard InChI is InChI=1S/C12H12INO4/c13-8-4-3-7(5-9(8)15)11(16)14-10(12(17)18)6-1-2-6/h3-6,10,15H,1-2H2,(H,14,16)(H,17,18). The molecule has 18 heavy (non-hydrogen) atoms. The van der Waals surface area contributed by atoms with Crippen molar-refractivity contribution >= 4 is 34.5 Å². The highest BCUT2D eigenvalue weighted by Gasteiger charge is 2.37. The molecule has 0 heterocycles. The third kappa shape index (κ3) is 2.92. The fourth-order valence-electron chi connectivity index (χ4n) is 1.69. The fourth-order valence-corrected chi connectivity index (χ4v) is 2.02. The lowest BCUT2D eigenvalue weighted by Crippen LogP contribution is -2.42. The van der Waals surface area contributed by atoms with Crippen LogP contribution in [0.15, 0.2) is 18.2 Å². The molecule has 2 rings (SSSR count). The number of halogens is 1. The summed E-state index contributed by atoms with van der Waals surface area (Å²) in [5.41, 5.74) is 0.264. The summed E-state index contributed by atoms with van der Waals surface area (Å²) in [5, 5.41) is 21.0. The number of carbonyl (C=O) groups is 2. The number of amides is 1. The van der Waals surface area contributed by atoms with Gasteiger partial charge in [0.05, 0.1) is 3.57 Å². The van der Waals surface area contributed by atoms with Crippen LogP contribution in [0.4, 0.5) is 0 Å². The van der Waals surface area contributed by atoms with Crippen molar-refractivity contribution < 1.29 is 19.8 Å². The number of rotatable bonds is 4. The molecule has 1 aliphatic carbocycles. The lowest BCUT2D eigenvalue weighted by atomic mass is 10.1. The van der Waals surface area contributed by atoms with E-state index in [1.807, 2.05) is 22.6 Å². The van der Waals surface area contributed by atoms with Crippen molar-refractivity contribution in [1.82, 2.24) is 5.32 Å². The van der Waals surface area contributed by atoms with E-state index in [1.54, 1.807) is 12.1 Å². The first kappa shape index (κ1) is 13.1. The van der Waals surface area contributed by atoms with Crippen LogP contribution < -0.4 is 5.32 Å². The number of phenols is 1. The maximum absolute atomic E-state index is 11.9. The minimum Gasteiger partial charge on any atom is -0.507 e. The largest absolute Gasteiger partial charge is 0.507 e. The molecule has 5 nitrogen and oxygen atoms in total. The Morgan fingerprint density at radius 2 is 2.06 bits per heavy atom. The summed E-state index contributed by atoms with van der Waals surface area (Å²) in [6, 6.07) is 3.67. The topological polar surface area (TPSA) is 86.6 Å². The van der Waals surface area contributed by atoms with E-state index >= 15 is 0 Å². The molecule has 1 saturated carbocycles. The van der Waals surface area contributed by atoms with Crippen molar-refractivity contribution in [1.29, 1.82) is 0 Å². The van der Waals surface area contributed by atoms with Crippen LogP contribution in [0.3, 0.4) is 0 Å². The summed E-state index contributed by atoms with van der Waals surface area (Å²) in [6.07, 6.45) is 1.66. The van der Waals surface area contributed by atoms with Gasteiger partial charge in [0.25, 0.3) is 5.91 Å². The van der Waals surface area contributed by atoms with Crippen molar-refractivity contribution in [2.75, 3.05) is 0 Å². The number of carboxylic acid groups (broad SMARTS) is 1. The van der Waals surface area contributed by atoms with E-state index in [0.29, 0.717) is 3.57 Å². The van der Waals surface area contributed by atoms with Crippen molar-refractivity contribution in [2.24, 2.45) is 5.92 Å². The third-order valence-electron chi connectivity index (χ3n) is 2.85. The summed E-state index contributed by atoms with van der Waals surface area (Å²) in [6.45, 7) is 0. The monoisotopic (exact) mass is 361 g/mol. The van der Waals surface area contributed by atoms with Gasteiger partial charge in [-0.3, -0.25) is 4.79 Å². The highest BCUT2D eigenvalue weighted by Crippen LogP contribution is 2.33. The summed E-state index contributed by atoms with van der Waals surface area (Å²) < 4.78 is 0.640. The number of aromatic hydroxyl groups is 1. The molecule has 6 heteroatoms. The highest BCUT2D eigenvalue weighted by molar-refractivity contribution is 14.1. The molecule has 0 radical (unpaired) electrons. The van der Waals surface area contributed by atoms with Crippen molar-refractivity contribution in [3.63, 3.8) is 0 Å². The van der Waals surface area contributed by atoms with E-state index in [4.69, 9.17) is 5.11 Å². The third-order valence-corrected chi connectivity index (χ3v) is 3.77. The first-order valence-corrected chi connectivity index (χ1v) is 6.59.